The zero-order valence-corrected chi connectivity index (χ0v) is 19.9. The number of carbonyl (C=O) groups excluding carboxylic acids is 3. The number of anilines is 1. The third-order valence-corrected chi connectivity index (χ3v) is 6.29. The van der Waals surface area contributed by atoms with E-state index in [1.807, 2.05) is 37.3 Å². The minimum Gasteiger partial charge on any atom is -0.489 e. The van der Waals surface area contributed by atoms with Gasteiger partial charge >= 0.3 is 0 Å². The zero-order valence-electron chi connectivity index (χ0n) is 18.3. The fourth-order valence-electron chi connectivity index (χ4n) is 3.24. The lowest BCUT2D eigenvalue weighted by Gasteiger charge is -2.12. The van der Waals surface area contributed by atoms with Crippen molar-refractivity contribution in [3.8, 4) is 5.75 Å². The number of rotatable bonds is 7. The number of carbonyl (C=O) groups is 3. The highest BCUT2D eigenvalue weighted by molar-refractivity contribution is 8.18. The molecule has 4 rings (SSSR count). The molecular formula is C26H21ClN2O4S. The summed E-state index contributed by atoms with van der Waals surface area (Å²) < 4.78 is 5.83. The van der Waals surface area contributed by atoms with E-state index < -0.39 is 17.1 Å². The van der Waals surface area contributed by atoms with Gasteiger partial charge in [-0.3, -0.25) is 19.3 Å². The van der Waals surface area contributed by atoms with Crippen LogP contribution in [-0.4, -0.2) is 28.5 Å². The number of amides is 3. The van der Waals surface area contributed by atoms with Crippen LogP contribution in [0.15, 0.2) is 77.7 Å². The van der Waals surface area contributed by atoms with Gasteiger partial charge in [-0.15, -0.1) is 0 Å². The van der Waals surface area contributed by atoms with Crippen LogP contribution in [0, 0.1) is 6.92 Å². The molecule has 0 aliphatic carbocycles. The van der Waals surface area contributed by atoms with Crippen LogP contribution in [0.3, 0.4) is 0 Å². The van der Waals surface area contributed by atoms with E-state index in [-0.39, 0.29) is 11.4 Å². The average molecular weight is 493 g/mol. The number of aryl methyl sites for hydroxylation is 1. The monoisotopic (exact) mass is 492 g/mol. The predicted octanol–water partition coefficient (Wildman–Crippen LogP) is 5.90. The Kier molecular flexibility index (Phi) is 7.35. The molecule has 1 aliphatic heterocycles. The first kappa shape index (κ1) is 23.6. The van der Waals surface area contributed by atoms with Crippen LogP contribution in [0.4, 0.5) is 10.5 Å². The topological polar surface area (TPSA) is 75.7 Å². The van der Waals surface area contributed by atoms with Crippen LogP contribution >= 0.6 is 23.4 Å². The number of halogens is 1. The Hall–Kier alpha value is -3.55. The summed E-state index contributed by atoms with van der Waals surface area (Å²) in [7, 11) is 0. The Labute approximate surface area is 206 Å². The Morgan fingerprint density at radius 2 is 1.82 bits per heavy atom. The molecule has 1 aliphatic rings. The van der Waals surface area contributed by atoms with Gasteiger partial charge < -0.3 is 10.1 Å². The number of benzene rings is 3. The maximum atomic E-state index is 12.8. The number of nitrogens with one attached hydrogen (secondary N) is 1. The lowest BCUT2D eigenvalue weighted by Crippen LogP contribution is -2.36. The number of hydrogen-bond acceptors (Lipinski definition) is 5. The van der Waals surface area contributed by atoms with Crippen molar-refractivity contribution in [2.75, 3.05) is 11.9 Å². The number of imide groups is 1. The van der Waals surface area contributed by atoms with Crippen molar-refractivity contribution < 1.29 is 19.1 Å². The van der Waals surface area contributed by atoms with Gasteiger partial charge in [0.15, 0.2) is 0 Å². The van der Waals surface area contributed by atoms with Gasteiger partial charge in [-0.2, -0.15) is 0 Å². The lowest BCUT2D eigenvalue weighted by atomic mass is 10.2. The quantitative estimate of drug-likeness (QED) is 0.415. The summed E-state index contributed by atoms with van der Waals surface area (Å²) in [5, 5.41) is 2.84. The van der Waals surface area contributed by atoms with E-state index in [2.05, 4.69) is 5.32 Å². The summed E-state index contributed by atoms with van der Waals surface area (Å²) in [6.45, 7) is 1.89. The lowest BCUT2D eigenvalue weighted by molar-refractivity contribution is -0.127. The highest BCUT2D eigenvalue weighted by Crippen LogP contribution is 2.32. The summed E-state index contributed by atoms with van der Waals surface area (Å²) in [5.74, 6) is -0.343. The SMILES string of the molecule is Cc1ccc(NC(=O)CN2C(=O)S/C(=C/c3cccc(OCc4ccccc4Cl)c3)C2=O)cc1. The second-order valence-electron chi connectivity index (χ2n) is 7.63. The average Bonchev–Trinajstić information content (AvgIpc) is 3.07. The summed E-state index contributed by atoms with van der Waals surface area (Å²) in [6, 6.07) is 21.9. The van der Waals surface area contributed by atoms with E-state index in [1.165, 1.54) is 0 Å². The molecule has 3 amide bonds. The second-order valence-corrected chi connectivity index (χ2v) is 9.04. The molecule has 3 aromatic carbocycles. The molecule has 1 saturated heterocycles. The van der Waals surface area contributed by atoms with Gasteiger partial charge in [-0.05, 0) is 60.7 Å². The van der Waals surface area contributed by atoms with Crippen LogP contribution in [0.2, 0.25) is 5.02 Å². The number of thioether (sulfide) groups is 1. The molecule has 0 unspecified atom stereocenters. The fraction of sp³-hybridized carbons (Fsp3) is 0.115. The molecule has 0 bridgehead atoms. The van der Waals surface area contributed by atoms with Crippen LogP contribution < -0.4 is 10.1 Å². The van der Waals surface area contributed by atoms with Crippen LogP contribution in [0.1, 0.15) is 16.7 Å². The first-order valence-electron chi connectivity index (χ1n) is 10.5. The summed E-state index contributed by atoms with van der Waals surface area (Å²) in [6.07, 6.45) is 1.62. The molecule has 1 heterocycles. The third-order valence-electron chi connectivity index (χ3n) is 5.02. The van der Waals surface area contributed by atoms with E-state index in [0.29, 0.717) is 28.6 Å². The van der Waals surface area contributed by atoms with Gasteiger partial charge in [0.2, 0.25) is 5.91 Å². The maximum Gasteiger partial charge on any atom is 0.294 e. The summed E-state index contributed by atoms with van der Waals surface area (Å²) in [4.78, 5) is 38.7. The van der Waals surface area contributed by atoms with Crippen molar-refractivity contribution >= 4 is 52.2 Å². The van der Waals surface area contributed by atoms with Crippen molar-refractivity contribution in [1.29, 1.82) is 0 Å². The zero-order chi connectivity index (χ0) is 24.1. The van der Waals surface area contributed by atoms with Crippen LogP contribution in [-0.2, 0) is 16.2 Å². The molecule has 6 nitrogen and oxygen atoms in total. The van der Waals surface area contributed by atoms with Crippen molar-refractivity contribution in [3.05, 3.63) is 99.4 Å². The first-order chi connectivity index (χ1) is 16.4. The third kappa shape index (κ3) is 5.87. The maximum absolute atomic E-state index is 12.8. The van der Waals surface area contributed by atoms with E-state index in [0.717, 1.165) is 27.8 Å². The van der Waals surface area contributed by atoms with Crippen LogP contribution in [0.5, 0.6) is 5.75 Å². The van der Waals surface area contributed by atoms with Gasteiger partial charge in [-0.1, -0.05) is 59.6 Å². The van der Waals surface area contributed by atoms with Crippen LogP contribution in [0.25, 0.3) is 6.08 Å². The molecule has 3 aromatic rings. The molecule has 172 valence electrons. The van der Waals surface area contributed by atoms with E-state index in [1.54, 1.807) is 48.5 Å². The van der Waals surface area contributed by atoms with Crippen molar-refractivity contribution in [3.63, 3.8) is 0 Å². The standard InChI is InChI=1S/C26H21ClN2O4S/c1-17-9-11-20(12-10-17)28-24(30)15-29-25(31)23(34-26(29)32)14-18-5-4-7-21(13-18)33-16-19-6-2-3-8-22(19)27/h2-14H,15-16H2,1H3,(H,28,30)/b23-14+. The molecule has 0 atom stereocenters. The van der Waals surface area contributed by atoms with Crippen molar-refractivity contribution in [2.45, 2.75) is 13.5 Å². The van der Waals surface area contributed by atoms with Crippen molar-refractivity contribution in [2.24, 2.45) is 0 Å². The predicted molar refractivity (Wildman–Crippen MR) is 135 cm³/mol. The Morgan fingerprint density at radius 3 is 2.59 bits per heavy atom. The number of hydrogen-bond donors (Lipinski definition) is 1. The Bertz CT molecular complexity index is 1270. The van der Waals surface area contributed by atoms with Gasteiger partial charge in [-0.25, -0.2) is 0 Å². The molecule has 0 saturated carbocycles. The number of ether oxygens (including phenoxy) is 1. The highest BCUT2D eigenvalue weighted by Gasteiger charge is 2.36. The molecule has 0 radical (unpaired) electrons. The largest absolute Gasteiger partial charge is 0.489 e. The van der Waals surface area contributed by atoms with Gasteiger partial charge in [0.05, 0.1) is 4.91 Å². The number of nitrogens with zero attached hydrogens (tertiary/aromatic N) is 1. The summed E-state index contributed by atoms with van der Waals surface area (Å²) >= 11 is 6.98. The Morgan fingerprint density at radius 1 is 1.06 bits per heavy atom. The smallest absolute Gasteiger partial charge is 0.294 e. The second kappa shape index (κ2) is 10.6. The molecule has 1 fully saturated rings. The molecule has 8 heteroatoms. The Balaban J connectivity index is 1.40. The highest BCUT2D eigenvalue weighted by atomic mass is 35.5. The van der Waals surface area contributed by atoms with Gasteiger partial charge in [0.1, 0.15) is 18.9 Å². The van der Waals surface area contributed by atoms with Gasteiger partial charge in [0, 0.05) is 16.3 Å². The molecule has 34 heavy (non-hydrogen) atoms. The molecule has 0 aromatic heterocycles. The van der Waals surface area contributed by atoms with E-state index in [9.17, 15) is 14.4 Å². The molecular weight excluding hydrogens is 472 g/mol. The normalized spacial score (nSPS) is 14.5. The minimum atomic E-state index is -0.503. The van der Waals surface area contributed by atoms with Gasteiger partial charge in [0.25, 0.3) is 11.1 Å². The minimum absolute atomic E-state index is 0.247. The molecule has 0 spiro atoms. The molecule has 1 N–H and O–H groups in total. The van der Waals surface area contributed by atoms with E-state index in [4.69, 9.17) is 16.3 Å². The van der Waals surface area contributed by atoms with Crippen molar-refractivity contribution in [1.82, 2.24) is 4.90 Å². The summed E-state index contributed by atoms with van der Waals surface area (Å²) in [5.41, 5.74) is 3.23. The van der Waals surface area contributed by atoms with E-state index >= 15 is 0 Å². The fourth-order valence-corrected chi connectivity index (χ4v) is 4.27. The first-order valence-corrected chi connectivity index (χ1v) is 11.7.